The van der Waals surface area contributed by atoms with Gasteiger partial charge < -0.3 is 5.32 Å². The number of rotatable bonds is 8. The number of benzene rings is 2. The Morgan fingerprint density at radius 2 is 1.85 bits per heavy atom. The molecule has 0 saturated heterocycles. The highest BCUT2D eigenvalue weighted by molar-refractivity contribution is 7.92. The monoisotopic (exact) mass is 392 g/mol. The summed E-state index contributed by atoms with van der Waals surface area (Å²) in [5, 5.41) is 2.73. The van der Waals surface area contributed by atoms with Crippen LogP contribution < -0.4 is 9.62 Å². The molecule has 146 valence electrons. The standard InChI is InChI=1S/C20H25FN2O3S/c1-15-7-4-10-19(16(15)2)23(27(3,25)26)12-6-11-20(24)22-14-17-8-5-9-18(21)13-17/h4-5,7-10,13H,6,11-12,14H2,1-3H3,(H,22,24). The van der Waals surface area contributed by atoms with Crippen LogP contribution >= 0.6 is 0 Å². The molecule has 0 aliphatic heterocycles. The minimum absolute atomic E-state index is 0.187. The van der Waals surface area contributed by atoms with Crippen LogP contribution in [0.4, 0.5) is 10.1 Å². The summed E-state index contributed by atoms with van der Waals surface area (Å²) in [6.45, 7) is 4.27. The van der Waals surface area contributed by atoms with E-state index in [0.29, 0.717) is 17.7 Å². The van der Waals surface area contributed by atoms with Crippen LogP contribution in [-0.2, 0) is 21.4 Å². The van der Waals surface area contributed by atoms with E-state index >= 15 is 0 Å². The number of sulfonamides is 1. The Kier molecular flexibility index (Phi) is 6.96. The van der Waals surface area contributed by atoms with Gasteiger partial charge in [-0.25, -0.2) is 12.8 Å². The molecule has 0 unspecified atom stereocenters. The Morgan fingerprint density at radius 3 is 2.52 bits per heavy atom. The Labute approximate surface area is 160 Å². The molecule has 0 aliphatic carbocycles. The SMILES string of the molecule is Cc1cccc(N(CCCC(=O)NCc2cccc(F)c2)S(C)(=O)=O)c1C. The molecule has 1 amide bonds. The maximum Gasteiger partial charge on any atom is 0.232 e. The first-order valence-electron chi connectivity index (χ1n) is 8.73. The van der Waals surface area contributed by atoms with Crippen molar-refractivity contribution < 1.29 is 17.6 Å². The third-order valence-corrected chi connectivity index (χ3v) is 5.57. The number of nitrogens with one attached hydrogen (secondary N) is 1. The fraction of sp³-hybridized carbons (Fsp3) is 0.350. The van der Waals surface area contributed by atoms with Crippen LogP contribution in [0.2, 0.25) is 0 Å². The number of carbonyl (C=O) groups excluding carboxylic acids is 1. The smallest absolute Gasteiger partial charge is 0.232 e. The van der Waals surface area contributed by atoms with Gasteiger partial charge in [-0.15, -0.1) is 0 Å². The van der Waals surface area contributed by atoms with Crippen LogP contribution in [0.1, 0.15) is 29.5 Å². The van der Waals surface area contributed by atoms with Crippen molar-refractivity contribution in [1.82, 2.24) is 5.32 Å². The first-order valence-corrected chi connectivity index (χ1v) is 10.6. The number of hydrogen-bond acceptors (Lipinski definition) is 3. The van der Waals surface area contributed by atoms with Crippen molar-refractivity contribution in [2.24, 2.45) is 0 Å². The summed E-state index contributed by atoms with van der Waals surface area (Å²) >= 11 is 0. The average molecular weight is 392 g/mol. The molecule has 2 rings (SSSR count). The first kappa shape index (κ1) is 20.9. The molecule has 1 N–H and O–H groups in total. The van der Waals surface area contributed by atoms with E-state index in [-0.39, 0.29) is 31.2 Å². The predicted molar refractivity (Wildman–Crippen MR) is 106 cm³/mol. The van der Waals surface area contributed by atoms with Gasteiger partial charge in [-0.1, -0.05) is 24.3 Å². The van der Waals surface area contributed by atoms with Crippen molar-refractivity contribution in [2.45, 2.75) is 33.2 Å². The molecule has 0 atom stereocenters. The second-order valence-electron chi connectivity index (χ2n) is 6.56. The first-order chi connectivity index (χ1) is 12.7. The maximum absolute atomic E-state index is 13.1. The summed E-state index contributed by atoms with van der Waals surface area (Å²) in [6, 6.07) is 11.6. The van der Waals surface area contributed by atoms with Gasteiger partial charge >= 0.3 is 0 Å². The van der Waals surface area contributed by atoms with Gasteiger partial charge in [0.25, 0.3) is 0 Å². The molecular formula is C20H25FN2O3S. The predicted octanol–water partition coefficient (Wildman–Crippen LogP) is 3.31. The van der Waals surface area contributed by atoms with Gasteiger partial charge in [0.15, 0.2) is 0 Å². The number of aryl methyl sites for hydroxylation is 1. The molecule has 0 saturated carbocycles. The van der Waals surface area contributed by atoms with E-state index in [1.807, 2.05) is 26.0 Å². The van der Waals surface area contributed by atoms with Gasteiger partial charge in [0, 0.05) is 19.5 Å². The van der Waals surface area contributed by atoms with Crippen LogP contribution in [-0.4, -0.2) is 27.1 Å². The zero-order chi connectivity index (χ0) is 20.0. The van der Waals surface area contributed by atoms with Crippen LogP contribution in [0, 0.1) is 19.7 Å². The van der Waals surface area contributed by atoms with E-state index < -0.39 is 10.0 Å². The van der Waals surface area contributed by atoms with Crippen molar-refractivity contribution in [3.05, 3.63) is 65.0 Å². The molecule has 7 heteroatoms. The summed E-state index contributed by atoms with van der Waals surface area (Å²) in [4.78, 5) is 12.0. The van der Waals surface area contributed by atoms with E-state index in [2.05, 4.69) is 5.32 Å². The van der Waals surface area contributed by atoms with Crippen LogP contribution in [0.25, 0.3) is 0 Å². The lowest BCUT2D eigenvalue weighted by Gasteiger charge is -2.24. The van der Waals surface area contributed by atoms with Gasteiger partial charge in [0.2, 0.25) is 15.9 Å². The molecule has 0 aliphatic rings. The Bertz CT molecular complexity index is 913. The van der Waals surface area contributed by atoms with Gasteiger partial charge in [0.05, 0.1) is 11.9 Å². The van der Waals surface area contributed by atoms with Crippen molar-refractivity contribution in [3.63, 3.8) is 0 Å². The molecule has 0 radical (unpaired) electrons. The third-order valence-electron chi connectivity index (χ3n) is 4.39. The summed E-state index contributed by atoms with van der Waals surface area (Å²) in [5.41, 5.74) is 3.22. The minimum atomic E-state index is -3.46. The molecule has 0 spiro atoms. The van der Waals surface area contributed by atoms with Crippen molar-refractivity contribution >= 4 is 21.6 Å². The third kappa shape index (κ3) is 6.06. The van der Waals surface area contributed by atoms with E-state index in [4.69, 9.17) is 0 Å². The zero-order valence-electron chi connectivity index (χ0n) is 15.8. The van der Waals surface area contributed by atoms with E-state index in [1.165, 1.54) is 22.7 Å². The number of halogens is 1. The quantitative estimate of drug-likeness (QED) is 0.750. The molecule has 5 nitrogen and oxygen atoms in total. The second-order valence-corrected chi connectivity index (χ2v) is 8.47. The fourth-order valence-electron chi connectivity index (χ4n) is 2.79. The molecule has 0 heterocycles. The number of anilines is 1. The summed E-state index contributed by atoms with van der Waals surface area (Å²) in [6.07, 6.45) is 1.74. The molecule has 0 fully saturated rings. The Hall–Kier alpha value is -2.41. The van der Waals surface area contributed by atoms with Gasteiger partial charge in [-0.2, -0.15) is 0 Å². The highest BCUT2D eigenvalue weighted by atomic mass is 32.2. The van der Waals surface area contributed by atoms with Gasteiger partial charge in [-0.3, -0.25) is 9.10 Å². The molecular weight excluding hydrogens is 367 g/mol. The molecule has 2 aromatic rings. The van der Waals surface area contributed by atoms with Gasteiger partial charge in [-0.05, 0) is 55.2 Å². The summed E-state index contributed by atoms with van der Waals surface area (Å²) < 4.78 is 38.9. The van der Waals surface area contributed by atoms with Crippen molar-refractivity contribution in [3.8, 4) is 0 Å². The van der Waals surface area contributed by atoms with Crippen molar-refractivity contribution in [1.29, 1.82) is 0 Å². The topological polar surface area (TPSA) is 66.5 Å². The lowest BCUT2D eigenvalue weighted by Crippen LogP contribution is -2.32. The van der Waals surface area contributed by atoms with E-state index in [1.54, 1.807) is 18.2 Å². The van der Waals surface area contributed by atoms with Crippen molar-refractivity contribution in [2.75, 3.05) is 17.1 Å². The van der Waals surface area contributed by atoms with Crippen LogP contribution in [0.5, 0.6) is 0 Å². The summed E-state index contributed by atoms with van der Waals surface area (Å²) in [7, 11) is -3.46. The van der Waals surface area contributed by atoms with E-state index in [0.717, 1.165) is 11.1 Å². The van der Waals surface area contributed by atoms with Crippen LogP contribution in [0.15, 0.2) is 42.5 Å². The largest absolute Gasteiger partial charge is 0.352 e. The Balaban J connectivity index is 1.94. The fourth-order valence-corrected chi connectivity index (χ4v) is 3.81. The maximum atomic E-state index is 13.1. The van der Waals surface area contributed by atoms with Crippen LogP contribution in [0.3, 0.4) is 0 Å². The highest BCUT2D eigenvalue weighted by Crippen LogP contribution is 2.25. The highest BCUT2D eigenvalue weighted by Gasteiger charge is 2.19. The average Bonchev–Trinajstić information content (AvgIpc) is 2.59. The number of hydrogen-bond donors (Lipinski definition) is 1. The Morgan fingerprint density at radius 1 is 1.15 bits per heavy atom. The number of carbonyl (C=O) groups is 1. The molecule has 0 bridgehead atoms. The molecule has 27 heavy (non-hydrogen) atoms. The number of amides is 1. The minimum Gasteiger partial charge on any atom is -0.352 e. The lowest BCUT2D eigenvalue weighted by atomic mass is 10.1. The zero-order valence-corrected chi connectivity index (χ0v) is 16.6. The van der Waals surface area contributed by atoms with Gasteiger partial charge in [0.1, 0.15) is 5.82 Å². The summed E-state index contributed by atoms with van der Waals surface area (Å²) in [5.74, 6) is -0.548. The molecule has 2 aromatic carbocycles. The normalized spacial score (nSPS) is 11.3. The number of nitrogens with zero attached hydrogens (tertiary/aromatic N) is 1. The molecule has 0 aromatic heterocycles. The second kappa shape index (κ2) is 8.99. The van der Waals surface area contributed by atoms with E-state index in [9.17, 15) is 17.6 Å². The lowest BCUT2D eigenvalue weighted by molar-refractivity contribution is -0.121.